The standard InChI is InChI=1S/C23H31F2N/c1-2-3-4-5-6-16-7-8-18-12-19(10-9-17(18)11-16)20-13-22(24)21(15-26)23(25)14-20/h13-14,16-19H,2-12H2,1H3/t16-,17-,18-,19-/m1/s1. The smallest absolute Gasteiger partial charge is 0.144 e. The third kappa shape index (κ3) is 4.45. The molecule has 2 fully saturated rings. The molecule has 1 nitrogen and oxygen atoms in total. The Kier molecular flexibility index (Phi) is 6.68. The summed E-state index contributed by atoms with van der Waals surface area (Å²) in [6.07, 6.45) is 14.0. The Bertz CT molecular complexity index is 625. The molecule has 0 aromatic heterocycles. The van der Waals surface area contributed by atoms with Crippen LogP contribution in [0.15, 0.2) is 12.1 Å². The van der Waals surface area contributed by atoms with E-state index in [1.54, 1.807) is 6.07 Å². The molecule has 0 amide bonds. The van der Waals surface area contributed by atoms with Gasteiger partial charge in [0.15, 0.2) is 0 Å². The Balaban J connectivity index is 1.56. The molecule has 4 atom stereocenters. The summed E-state index contributed by atoms with van der Waals surface area (Å²) in [5.74, 6) is 1.25. The summed E-state index contributed by atoms with van der Waals surface area (Å²) in [7, 11) is 0. The van der Waals surface area contributed by atoms with Crippen molar-refractivity contribution in [1.29, 1.82) is 5.26 Å². The predicted octanol–water partition coefficient (Wildman–Crippen LogP) is 7.11. The van der Waals surface area contributed by atoms with Crippen LogP contribution in [0.4, 0.5) is 8.78 Å². The van der Waals surface area contributed by atoms with Gasteiger partial charge in [-0.1, -0.05) is 45.4 Å². The molecule has 0 bridgehead atoms. The van der Waals surface area contributed by atoms with E-state index in [0.29, 0.717) is 5.92 Å². The Morgan fingerprint density at radius 1 is 0.962 bits per heavy atom. The zero-order chi connectivity index (χ0) is 18.5. The van der Waals surface area contributed by atoms with Crippen LogP contribution in [0.2, 0.25) is 0 Å². The number of unbranched alkanes of at least 4 members (excludes halogenated alkanes) is 3. The molecule has 0 aliphatic heterocycles. The second-order valence-corrected chi connectivity index (χ2v) is 8.53. The molecule has 0 radical (unpaired) electrons. The lowest BCUT2D eigenvalue weighted by molar-refractivity contribution is 0.113. The Morgan fingerprint density at radius 2 is 1.65 bits per heavy atom. The van der Waals surface area contributed by atoms with Gasteiger partial charge in [-0.3, -0.25) is 0 Å². The average molecular weight is 360 g/mol. The van der Waals surface area contributed by atoms with Crippen molar-refractivity contribution in [2.45, 2.75) is 83.5 Å². The van der Waals surface area contributed by atoms with Crippen LogP contribution in [-0.2, 0) is 0 Å². The first-order chi connectivity index (χ1) is 12.6. The van der Waals surface area contributed by atoms with Gasteiger partial charge in [0.05, 0.1) is 0 Å². The SMILES string of the molecule is CCCCCC[C@@H]1CC[C@@H]2C[C@H](c3cc(F)c(C#N)c(F)c3)CC[C@@H]2C1. The first-order valence-electron chi connectivity index (χ1n) is 10.5. The summed E-state index contributed by atoms with van der Waals surface area (Å²) in [6, 6.07) is 4.41. The zero-order valence-corrected chi connectivity index (χ0v) is 15.9. The number of halogens is 2. The number of benzene rings is 1. The highest BCUT2D eigenvalue weighted by Crippen LogP contribution is 2.48. The minimum absolute atomic E-state index is 0.245. The van der Waals surface area contributed by atoms with Crippen LogP contribution in [0.25, 0.3) is 0 Å². The van der Waals surface area contributed by atoms with Gasteiger partial charge in [-0.2, -0.15) is 5.26 Å². The van der Waals surface area contributed by atoms with E-state index in [0.717, 1.165) is 30.2 Å². The topological polar surface area (TPSA) is 23.8 Å². The second-order valence-electron chi connectivity index (χ2n) is 8.53. The normalized spacial score (nSPS) is 28.4. The number of nitriles is 1. The fraction of sp³-hybridized carbons (Fsp3) is 0.696. The molecule has 0 unspecified atom stereocenters. The van der Waals surface area contributed by atoms with Crippen molar-refractivity contribution >= 4 is 0 Å². The van der Waals surface area contributed by atoms with Gasteiger partial charge in [0.25, 0.3) is 0 Å². The molecule has 0 saturated heterocycles. The molecule has 1 aromatic rings. The first-order valence-corrected chi connectivity index (χ1v) is 10.5. The van der Waals surface area contributed by atoms with Gasteiger partial charge in [0, 0.05) is 0 Å². The number of hydrogen-bond acceptors (Lipinski definition) is 1. The molecule has 2 aliphatic rings. The fourth-order valence-corrected chi connectivity index (χ4v) is 5.35. The first kappa shape index (κ1) is 19.3. The minimum Gasteiger partial charge on any atom is -0.205 e. The zero-order valence-electron chi connectivity index (χ0n) is 15.9. The third-order valence-electron chi connectivity index (χ3n) is 6.84. The van der Waals surface area contributed by atoms with E-state index in [9.17, 15) is 8.78 Å². The van der Waals surface area contributed by atoms with Crippen LogP contribution in [0.3, 0.4) is 0 Å². The molecule has 3 rings (SSSR count). The third-order valence-corrected chi connectivity index (χ3v) is 6.84. The van der Waals surface area contributed by atoms with Crippen molar-refractivity contribution in [3.8, 4) is 6.07 Å². The van der Waals surface area contributed by atoms with E-state index in [4.69, 9.17) is 5.26 Å². The molecule has 142 valence electrons. The van der Waals surface area contributed by atoms with Gasteiger partial charge < -0.3 is 0 Å². The molecule has 2 aliphatic carbocycles. The maximum atomic E-state index is 14.0. The van der Waals surface area contributed by atoms with Gasteiger partial charge in [-0.05, 0) is 73.5 Å². The summed E-state index contributed by atoms with van der Waals surface area (Å²) < 4.78 is 27.9. The average Bonchev–Trinajstić information content (AvgIpc) is 2.64. The Labute approximate surface area is 156 Å². The fourth-order valence-electron chi connectivity index (χ4n) is 5.35. The Morgan fingerprint density at radius 3 is 2.35 bits per heavy atom. The number of hydrogen-bond donors (Lipinski definition) is 0. The summed E-state index contributed by atoms with van der Waals surface area (Å²) in [6.45, 7) is 2.26. The van der Waals surface area contributed by atoms with Gasteiger partial charge in [-0.25, -0.2) is 8.78 Å². The second kappa shape index (κ2) is 8.98. The molecule has 0 heterocycles. The van der Waals surface area contributed by atoms with Gasteiger partial charge in [0.1, 0.15) is 23.3 Å². The van der Waals surface area contributed by atoms with Gasteiger partial charge in [-0.15, -0.1) is 0 Å². The highest BCUT2D eigenvalue weighted by Gasteiger charge is 2.36. The van der Waals surface area contributed by atoms with Crippen LogP contribution in [0.5, 0.6) is 0 Å². The van der Waals surface area contributed by atoms with Crippen molar-refractivity contribution in [1.82, 2.24) is 0 Å². The molecule has 2 saturated carbocycles. The Hall–Kier alpha value is -1.43. The van der Waals surface area contributed by atoms with Gasteiger partial charge in [0.2, 0.25) is 0 Å². The van der Waals surface area contributed by atoms with E-state index >= 15 is 0 Å². The van der Waals surface area contributed by atoms with Crippen LogP contribution >= 0.6 is 0 Å². The van der Waals surface area contributed by atoms with Gasteiger partial charge >= 0.3 is 0 Å². The molecular weight excluding hydrogens is 328 g/mol. The minimum atomic E-state index is -0.708. The molecule has 3 heteroatoms. The monoisotopic (exact) mass is 359 g/mol. The maximum absolute atomic E-state index is 14.0. The lowest BCUT2D eigenvalue weighted by Crippen LogP contribution is -2.30. The summed E-state index contributed by atoms with van der Waals surface area (Å²) in [5.41, 5.74) is 0.296. The maximum Gasteiger partial charge on any atom is 0.144 e. The highest BCUT2D eigenvalue weighted by molar-refractivity contribution is 5.36. The van der Waals surface area contributed by atoms with E-state index < -0.39 is 17.2 Å². The number of fused-ring (bicyclic) bond motifs is 1. The molecule has 0 N–H and O–H groups in total. The number of nitrogens with zero attached hydrogens (tertiary/aromatic N) is 1. The van der Waals surface area contributed by atoms with Crippen molar-refractivity contribution in [3.05, 3.63) is 34.9 Å². The summed E-state index contributed by atoms with van der Waals surface area (Å²) in [5, 5.41) is 8.84. The highest BCUT2D eigenvalue weighted by atomic mass is 19.1. The van der Waals surface area contributed by atoms with Crippen LogP contribution in [0, 0.1) is 40.7 Å². The van der Waals surface area contributed by atoms with Crippen LogP contribution < -0.4 is 0 Å². The van der Waals surface area contributed by atoms with Crippen LogP contribution in [-0.4, -0.2) is 0 Å². The molecule has 0 spiro atoms. The summed E-state index contributed by atoms with van der Waals surface area (Å²) in [4.78, 5) is 0. The van der Waals surface area contributed by atoms with E-state index in [1.165, 1.54) is 69.9 Å². The molecule has 1 aromatic carbocycles. The van der Waals surface area contributed by atoms with Crippen LogP contribution in [0.1, 0.15) is 94.6 Å². The van der Waals surface area contributed by atoms with Crippen molar-refractivity contribution < 1.29 is 8.78 Å². The molecule has 26 heavy (non-hydrogen) atoms. The predicted molar refractivity (Wildman–Crippen MR) is 101 cm³/mol. The quantitative estimate of drug-likeness (QED) is 0.497. The molecular formula is C23H31F2N. The van der Waals surface area contributed by atoms with Crippen molar-refractivity contribution in [3.63, 3.8) is 0 Å². The summed E-state index contributed by atoms with van der Waals surface area (Å²) >= 11 is 0. The van der Waals surface area contributed by atoms with Crippen molar-refractivity contribution in [2.75, 3.05) is 0 Å². The lowest BCUT2D eigenvalue weighted by Gasteiger charge is -2.42. The largest absolute Gasteiger partial charge is 0.205 e. The lowest BCUT2D eigenvalue weighted by atomic mass is 9.63. The number of rotatable bonds is 6. The van der Waals surface area contributed by atoms with Crippen molar-refractivity contribution in [2.24, 2.45) is 17.8 Å². The van der Waals surface area contributed by atoms with E-state index in [1.807, 2.05) is 0 Å². The van der Waals surface area contributed by atoms with E-state index in [2.05, 4.69) is 6.92 Å². The van der Waals surface area contributed by atoms with E-state index in [-0.39, 0.29) is 5.92 Å².